The molecule has 26 heavy (non-hydrogen) atoms. The fourth-order valence-electron chi connectivity index (χ4n) is 2.83. The fourth-order valence-corrected chi connectivity index (χ4v) is 2.83. The first kappa shape index (κ1) is 17.8. The molecule has 134 valence electrons. The Morgan fingerprint density at radius 3 is 2.54 bits per heavy atom. The van der Waals surface area contributed by atoms with Gasteiger partial charge < -0.3 is 5.32 Å². The average molecular weight is 349 g/mol. The summed E-state index contributed by atoms with van der Waals surface area (Å²) in [5, 5.41) is 15.5. The topological polar surface area (TPSA) is 72.7 Å². The molecule has 2 aromatic carbocycles. The zero-order valence-electron chi connectivity index (χ0n) is 15.3. The number of amides is 1. The lowest BCUT2D eigenvalue weighted by Gasteiger charge is -2.17. The number of benzene rings is 2. The highest BCUT2D eigenvalue weighted by molar-refractivity contribution is 5.76. The van der Waals surface area contributed by atoms with E-state index in [0.717, 1.165) is 23.1 Å². The summed E-state index contributed by atoms with van der Waals surface area (Å²) in [6.45, 7) is 6.14. The first-order chi connectivity index (χ1) is 12.6. The summed E-state index contributed by atoms with van der Waals surface area (Å²) in [4.78, 5) is 13.7. The Labute approximate surface area is 153 Å². The van der Waals surface area contributed by atoms with Gasteiger partial charge in [0.05, 0.1) is 6.04 Å². The van der Waals surface area contributed by atoms with E-state index in [1.54, 1.807) is 0 Å². The molecule has 0 aliphatic carbocycles. The monoisotopic (exact) mass is 349 g/mol. The third-order valence-corrected chi connectivity index (χ3v) is 4.35. The van der Waals surface area contributed by atoms with Crippen LogP contribution in [0.3, 0.4) is 0 Å². The Morgan fingerprint density at radius 2 is 1.85 bits per heavy atom. The number of hydrogen-bond donors (Lipinski definition) is 1. The molecule has 3 aromatic rings. The van der Waals surface area contributed by atoms with Gasteiger partial charge in [-0.3, -0.25) is 4.79 Å². The van der Waals surface area contributed by atoms with Gasteiger partial charge in [-0.05, 0) is 36.6 Å². The molecule has 0 radical (unpaired) electrons. The average Bonchev–Trinajstić information content (AvgIpc) is 3.09. The first-order valence-electron chi connectivity index (χ1n) is 8.76. The molecule has 6 nitrogen and oxygen atoms in total. The van der Waals surface area contributed by atoms with Gasteiger partial charge in [-0.15, -0.1) is 10.2 Å². The molecular formula is C20H23N5O. The van der Waals surface area contributed by atoms with Crippen molar-refractivity contribution in [2.75, 3.05) is 0 Å². The van der Waals surface area contributed by atoms with Crippen LogP contribution in [0.4, 0.5) is 0 Å². The molecule has 0 bridgehead atoms. The second-order valence-electron chi connectivity index (χ2n) is 6.40. The zero-order chi connectivity index (χ0) is 18.5. The Bertz CT molecular complexity index is 885. The maximum Gasteiger partial charge on any atom is 0.244 e. The van der Waals surface area contributed by atoms with Crippen molar-refractivity contribution in [3.05, 3.63) is 65.2 Å². The van der Waals surface area contributed by atoms with Crippen LogP contribution in [-0.4, -0.2) is 26.1 Å². The summed E-state index contributed by atoms with van der Waals surface area (Å²) >= 11 is 0. The zero-order valence-corrected chi connectivity index (χ0v) is 15.3. The molecule has 1 N–H and O–H groups in total. The van der Waals surface area contributed by atoms with Crippen molar-refractivity contribution in [1.82, 2.24) is 25.5 Å². The van der Waals surface area contributed by atoms with Crippen LogP contribution in [0, 0.1) is 13.8 Å². The minimum Gasteiger partial charge on any atom is -0.348 e. The molecule has 6 heteroatoms. The van der Waals surface area contributed by atoms with Crippen LogP contribution < -0.4 is 5.32 Å². The standard InChI is InChI=1S/C20H23N5O/c1-4-18(16-11-9-14(2)10-12-16)21-19(26)13-25-23-20(22-24-25)17-8-6-5-7-15(17)3/h5-12,18H,4,13H2,1-3H3,(H,21,26)/t18-/m0/s1. The molecule has 0 saturated heterocycles. The van der Waals surface area contributed by atoms with Gasteiger partial charge in [0, 0.05) is 5.56 Å². The Balaban J connectivity index is 1.66. The number of aromatic nitrogens is 4. The van der Waals surface area contributed by atoms with E-state index in [4.69, 9.17) is 0 Å². The van der Waals surface area contributed by atoms with Crippen molar-refractivity contribution >= 4 is 5.91 Å². The third-order valence-electron chi connectivity index (χ3n) is 4.35. The molecule has 0 aliphatic heterocycles. The highest BCUT2D eigenvalue weighted by Crippen LogP contribution is 2.18. The molecule has 0 aliphatic rings. The summed E-state index contributed by atoms with van der Waals surface area (Å²) < 4.78 is 0. The van der Waals surface area contributed by atoms with Crippen molar-refractivity contribution in [3.8, 4) is 11.4 Å². The first-order valence-corrected chi connectivity index (χ1v) is 8.76. The van der Waals surface area contributed by atoms with Crippen LogP contribution in [0.1, 0.15) is 36.1 Å². The van der Waals surface area contributed by atoms with E-state index in [0.29, 0.717) is 5.82 Å². The molecule has 0 saturated carbocycles. The summed E-state index contributed by atoms with van der Waals surface area (Å²) in [6.07, 6.45) is 0.814. The molecule has 0 unspecified atom stereocenters. The van der Waals surface area contributed by atoms with Crippen LogP contribution in [0.2, 0.25) is 0 Å². The molecule has 1 heterocycles. The van der Waals surface area contributed by atoms with Gasteiger partial charge >= 0.3 is 0 Å². The molecule has 0 fully saturated rings. The lowest BCUT2D eigenvalue weighted by molar-refractivity contribution is -0.122. The van der Waals surface area contributed by atoms with Crippen molar-refractivity contribution in [2.45, 2.75) is 39.8 Å². The largest absolute Gasteiger partial charge is 0.348 e. The quantitative estimate of drug-likeness (QED) is 0.741. The van der Waals surface area contributed by atoms with Crippen LogP contribution >= 0.6 is 0 Å². The van der Waals surface area contributed by atoms with Crippen molar-refractivity contribution in [1.29, 1.82) is 0 Å². The predicted octanol–water partition coefficient (Wildman–Crippen LogP) is 3.22. The highest BCUT2D eigenvalue weighted by atomic mass is 16.2. The molecule has 1 atom stereocenters. The number of carbonyl (C=O) groups is 1. The van der Waals surface area contributed by atoms with Gasteiger partial charge in [0.15, 0.2) is 0 Å². The van der Waals surface area contributed by atoms with Gasteiger partial charge in [0.25, 0.3) is 0 Å². The molecule has 1 amide bonds. The van der Waals surface area contributed by atoms with Gasteiger partial charge in [-0.1, -0.05) is 61.0 Å². The van der Waals surface area contributed by atoms with Gasteiger partial charge in [0.2, 0.25) is 11.7 Å². The minimum absolute atomic E-state index is 0.0255. The van der Waals surface area contributed by atoms with E-state index in [1.165, 1.54) is 10.4 Å². The van der Waals surface area contributed by atoms with Crippen LogP contribution in [-0.2, 0) is 11.3 Å². The Hall–Kier alpha value is -3.02. The summed E-state index contributed by atoms with van der Waals surface area (Å²) in [6, 6.07) is 16.0. The maximum absolute atomic E-state index is 12.4. The minimum atomic E-state index is -0.133. The highest BCUT2D eigenvalue weighted by Gasteiger charge is 2.15. The van der Waals surface area contributed by atoms with Gasteiger partial charge in [-0.25, -0.2) is 0 Å². The number of carbonyl (C=O) groups excluding carboxylic acids is 1. The number of hydrogen-bond acceptors (Lipinski definition) is 4. The predicted molar refractivity (Wildman–Crippen MR) is 100 cm³/mol. The normalized spacial score (nSPS) is 12.0. The third kappa shape index (κ3) is 4.14. The molecule has 0 spiro atoms. The summed E-state index contributed by atoms with van der Waals surface area (Å²) in [7, 11) is 0. The van der Waals surface area contributed by atoms with E-state index in [1.807, 2.05) is 50.2 Å². The van der Waals surface area contributed by atoms with Crippen LogP contribution in [0.15, 0.2) is 48.5 Å². The second-order valence-corrected chi connectivity index (χ2v) is 6.40. The number of rotatable bonds is 6. The van der Waals surface area contributed by atoms with Crippen LogP contribution in [0.5, 0.6) is 0 Å². The lowest BCUT2D eigenvalue weighted by atomic mass is 10.0. The van der Waals surface area contributed by atoms with E-state index in [2.05, 4.69) is 39.8 Å². The Morgan fingerprint density at radius 1 is 1.12 bits per heavy atom. The number of aryl methyl sites for hydroxylation is 2. The fraction of sp³-hybridized carbons (Fsp3) is 0.300. The van der Waals surface area contributed by atoms with Gasteiger partial charge in [0.1, 0.15) is 6.54 Å². The van der Waals surface area contributed by atoms with Crippen molar-refractivity contribution in [3.63, 3.8) is 0 Å². The Kier molecular flexibility index (Phi) is 5.41. The molecular weight excluding hydrogens is 326 g/mol. The smallest absolute Gasteiger partial charge is 0.244 e. The van der Waals surface area contributed by atoms with Gasteiger partial charge in [-0.2, -0.15) is 4.80 Å². The lowest BCUT2D eigenvalue weighted by Crippen LogP contribution is -2.32. The second kappa shape index (κ2) is 7.91. The van der Waals surface area contributed by atoms with Crippen molar-refractivity contribution in [2.24, 2.45) is 0 Å². The number of nitrogens with one attached hydrogen (secondary N) is 1. The molecule has 1 aromatic heterocycles. The summed E-state index contributed by atoms with van der Waals surface area (Å²) in [5.41, 5.74) is 4.29. The van der Waals surface area contributed by atoms with E-state index < -0.39 is 0 Å². The van der Waals surface area contributed by atoms with Crippen LogP contribution in [0.25, 0.3) is 11.4 Å². The SMILES string of the molecule is CC[C@H](NC(=O)Cn1nnc(-c2ccccc2C)n1)c1ccc(C)cc1. The van der Waals surface area contributed by atoms with Crippen molar-refractivity contribution < 1.29 is 4.79 Å². The van der Waals surface area contributed by atoms with E-state index in [9.17, 15) is 4.79 Å². The maximum atomic E-state index is 12.4. The molecule has 3 rings (SSSR count). The van der Waals surface area contributed by atoms with E-state index in [-0.39, 0.29) is 18.5 Å². The van der Waals surface area contributed by atoms with E-state index >= 15 is 0 Å². The number of tetrazole rings is 1. The summed E-state index contributed by atoms with van der Waals surface area (Å²) in [5.74, 6) is 0.396. The number of nitrogens with zero attached hydrogens (tertiary/aromatic N) is 4.